The Balaban J connectivity index is 1.13. The summed E-state index contributed by atoms with van der Waals surface area (Å²) < 4.78 is 2.19. The number of aryl methyl sites for hydroxylation is 1. The fourth-order valence-electron chi connectivity index (χ4n) is 9.45. The molecule has 0 unspecified atom stereocenters. The van der Waals surface area contributed by atoms with Crippen LogP contribution in [0.2, 0.25) is 0 Å². The van der Waals surface area contributed by atoms with E-state index in [1.165, 1.54) is 97.7 Å². The Kier molecular flexibility index (Phi) is 6.01. The summed E-state index contributed by atoms with van der Waals surface area (Å²) in [5.41, 5.74) is 8.08. The van der Waals surface area contributed by atoms with Crippen LogP contribution in [0.25, 0.3) is 120 Å². The minimum Gasteiger partial charge on any atom is -0.327 e. The van der Waals surface area contributed by atoms with E-state index in [0.29, 0.717) is 0 Å². The highest BCUT2D eigenvalue weighted by atomic mass is 15.1. The lowest BCUT2D eigenvalue weighted by Crippen LogP contribution is -1.92. The molecule has 0 aliphatic rings. The molecule has 0 aliphatic carbocycles. The molecular formula is C52H32N2. The Morgan fingerprint density at radius 3 is 1.50 bits per heavy atom. The van der Waals surface area contributed by atoms with Gasteiger partial charge < -0.3 is 4.57 Å². The minimum atomic E-state index is 0.977. The Hall–Kier alpha value is -7.03. The SMILES string of the molecule is Cn1c(-c2ccccc2)nc2cc(-c3ccc(-c4cc5ccc6cccc7c8cccc9ccc%10cccc(c(c4)c5c67)c%10c98)c4ccccc34)ccc21. The molecule has 2 nitrogen and oxygen atoms in total. The highest BCUT2D eigenvalue weighted by Crippen LogP contribution is 2.45. The van der Waals surface area contributed by atoms with Crippen molar-refractivity contribution in [2.75, 3.05) is 0 Å². The fraction of sp³-hybridized carbons (Fsp3) is 0.0192. The molecular weight excluding hydrogens is 653 g/mol. The minimum absolute atomic E-state index is 0.977. The molecule has 54 heavy (non-hydrogen) atoms. The van der Waals surface area contributed by atoms with Crippen LogP contribution in [0.3, 0.4) is 0 Å². The summed E-state index contributed by atoms with van der Waals surface area (Å²) in [6, 6.07) is 65.1. The molecule has 250 valence electrons. The lowest BCUT2D eigenvalue weighted by molar-refractivity contribution is 0.959. The summed E-state index contributed by atoms with van der Waals surface area (Å²) in [7, 11) is 2.10. The Bertz CT molecular complexity index is 3490. The first-order valence-corrected chi connectivity index (χ1v) is 18.7. The molecule has 2 heteroatoms. The van der Waals surface area contributed by atoms with Crippen molar-refractivity contribution < 1.29 is 0 Å². The van der Waals surface area contributed by atoms with Gasteiger partial charge in [0.25, 0.3) is 0 Å². The van der Waals surface area contributed by atoms with Gasteiger partial charge in [0, 0.05) is 12.6 Å². The highest BCUT2D eigenvalue weighted by molar-refractivity contribution is 6.37. The van der Waals surface area contributed by atoms with Gasteiger partial charge in [-0.15, -0.1) is 0 Å². The zero-order valence-electron chi connectivity index (χ0n) is 29.6. The second kappa shape index (κ2) is 11.0. The van der Waals surface area contributed by atoms with Gasteiger partial charge in [0.2, 0.25) is 0 Å². The van der Waals surface area contributed by atoms with Gasteiger partial charge >= 0.3 is 0 Å². The molecule has 0 radical (unpaired) electrons. The van der Waals surface area contributed by atoms with Crippen LogP contribution in [0.5, 0.6) is 0 Å². The first kappa shape index (κ1) is 29.5. The van der Waals surface area contributed by atoms with Crippen molar-refractivity contribution in [2.45, 2.75) is 0 Å². The monoisotopic (exact) mass is 684 g/mol. The average molecular weight is 685 g/mol. The van der Waals surface area contributed by atoms with Crippen LogP contribution in [0.4, 0.5) is 0 Å². The van der Waals surface area contributed by atoms with Gasteiger partial charge in [-0.05, 0) is 122 Å². The van der Waals surface area contributed by atoms with Gasteiger partial charge in [-0.2, -0.15) is 0 Å². The number of imidazole rings is 1. The molecule has 0 atom stereocenters. The van der Waals surface area contributed by atoms with Crippen molar-refractivity contribution in [1.29, 1.82) is 0 Å². The molecule has 0 bridgehead atoms. The number of nitrogens with zero attached hydrogens (tertiary/aromatic N) is 2. The molecule has 0 saturated heterocycles. The molecule has 1 heterocycles. The standard InChI is InChI=1S/C52H32N2/c1-54-47-27-24-35(30-46(47)53-52(54)34-10-3-2-4-11-34)38-25-26-39(41-16-6-5-15-40(38)41)37-28-36-23-22-33-13-8-18-43-42-17-7-12-31-20-21-32-14-9-19-44(50(32)48(31)42)45(29-37)51(36)49(33)43/h2-30H,1H3. The normalized spacial score (nSPS) is 12.2. The maximum absolute atomic E-state index is 5.11. The number of rotatable bonds is 3. The van der Waals surface area contributed by atoms with Gasteiger partial charge in [0.05, 0.1) is 11.0 Å². The number of benzene rings is 10. The van der Waals surface area contributed by atoms with Crippen LogP contribution in [-0.2, 0) is 7.05 Å². The second-order valence-corrected chi connectivity index (χ2v) is 14.7. The summed E-state index contributed by atoms with van der Waals surface area (Å²) >= 11 is 0. The predicted molar refractivity (Wildman–Crippen MR) is 231 cm³/mol. The summed E-state index contributed by atoms with van der Waals surface area (Å²) in [6.07, 6.45) is 0. The van der Waals surface area contributed by atoms with Crippen LogP contribution in [0, 0.1) is 0 Å². The first-order chi connectivity index (χ1) is 26.7. The van der Waals surface area contributed by atoms with Crippen molar-refractivity contribution >= 4 is 86.4 Å². The van der Waals surface area contributed by atoms with Gasteiger partial charge in [0.1, 0.15) is 5.82 Å². The molecule has 0 amide bonds. The van der Waals surface area contributed by atoms with Gasteiger partial charge in [-0.3, -0.25) is 0 Å². The van der Waals surface area contributed by atoms with E-state index in [1.54, 1.807) is 0 Å². The smallest absolute Gasteiger partial charge is 0.140 e. The van der Waals surface area contributed by atoms with Gasteiger partial charge in [-0.1, -0.05) is 152 Å². The molecule has 0 aliphatic heterocycles. The van der Waals surface area contributed by atoms with Crippen molar-refractivity contribution in [3.8, 4) is 33.6 Å². The molecule has 12 aromatic rings. The third-order valence-corrected chi connectivity index (χ3v) is 11.9. The van der Waals surface area contributed by atoms with E-state index in [1.807, 2.05) is 6.07 Å². The van der Waals surface area contributed by atoms with E-state index in [9.17, 15) is 0 Å². The van der Waals surface area contributed by atoms with E-state index < -0.39 is 0 Å². The van der Waals surface area contributed by atoms with Crippen molar-refractivity contribution in [3.63, 3.8) is 0 Å². The lowest BCUT2D eigenvalue weighted by atomic mass is 9.85. The molecule has 0 saturated carbocycles. The maximum atomic E-state index is 5.11. The Morgan fingerprint density at radius 2 is 0.870 bits per heavy atom. The van der Waals surface area contributed by atoms with Crippen LogP contribution < -0.4 is 0 Å². The summed E-state index contributed by atoms with van der Waals surface area (Å²) in [5, 5.41) is 18.1. The molecule has 12 rings (SSSR count). The molecule has 0 N–H and O–H groups in total. The lowest BCUT2D eigenvalue weighted by Gasteiger charge is -2.18. The second-order valence-electron chi connectivity index (χ2n) is 14.7. The summed E-state index contributed by atoms with van der Waals surface area (Å²) in [6.45, 7) is 0. The third kappa shape index (κ3) is 4.08. The summed E-state index contributed by atoms with van der Waals surface area (Å²) in [5.74, 6) is 0.977. The van der Waals surface area contributed by atoms with Crippen molar-refractivity contribution in [2.24, 2.45) is 7.05 Å². The molecule has 0 spiro atoms. The Labute approximate surface area is 311 Å². The fourth-order valence-corrected chi connectivity index (χ4v) is 9.45. The van der Waals surface area contributed by atoms with Crippen molar-refractivity contribution in [1.82, 2.24) is 9.55 Å². The number of fused-ring (bicyclic) bond motifs is 4. The quantitative estimate of drug-likeness (QED) is 0.169. The van der Waals surface area contributed by atoms with E-state index >= 15 is 0 Å². The van der Waals surface area contributed by atoms with E-state index in [0.717, 1.165) is 22.4 Å². The van der Waals surface area contributed by atoms with Crippen LogP contribution in [0.15, 0.2) is 176 Å². The molecule has 1 aromatic heterocycles. The van der Waals surface area contributed by atoms with Crippen LogP contribution in [0.1, 0.15) is 0 Å². The van der Waals surface area contributed by atoms with Gasteiger partial charge in [0.15, 0.2) is 0 Å². The predicted octanol–water partition coefficient (Wildman–Crippen LogP) is 14.1. The maximum Gasteiger partial charge on any atom is 0.140 e. The van der Waals surface area contributed by atoms with E-state index in [2.05, 4.69) is 181 Å². The zero-order chi connectivity index (χ0) is 35.5. The highest BCUT2D eigenvalue weighted by Gasteiger charge is 2.18. The largest absolute Gasteiger partial charge is 0.327 e. The van der Waals surface area contributed by atoms with E-state index in [4.69, 9.17) is 4.98 Å². The van der Waals surface area contributed by atoms with Crippen LogP contribution >= 0.6 is 0 Å². The average Bonchev–Trinajstić information content (AvgIpc) is 3.56. The zero-order valence-corrected chi connectivity index (χ0v) is 29.6. The van der Waals surface area contributed by atoms with Gasteiger partial charge in [-0.25, -0.2) is 4.98 Å². The number of aromatic nitrogens is 2. The third-order valence-electron chi connectivity index (χ3n) is 11.9. The molecule has 11 aromatic carbocycles. The first-order valence-electron chi connectivity index (χ1n) is 18.7. The number of hydrogen-bond acceptors (Lipinski definition) is 1. The topological polar surface area (TPSA) is 17.8 Å². The van der Waals surface area contributed by atoms with E-state index in [-0.39, 0.29) is 0 Å². The number of hydrogen-bond donors (Lipinski definition) is 0. The molecule has 0 fully saturated rings. The Morgan fingerprint density at radius 1 is 0.352 bits per heavy atom. The van der Waals surface area contributed by atoms with Crippen molar-refractivity contribution in [3.05, 3.63) is 176 Å². The summed E-state index contributed by atoms with van der Waals surface area (Å²) in [4.78, 5) is 5.11. The van der Waals surface area contributed by atoms with Crippen LogP contribution in [-0.4, -0.2) is 9.55 Å².